The maximum absolute atomic E-state index is 11.4. The van der Waals surface area contributed by atoms with Gasteiger partial charge in [-0.2, -0.15) is 12.1 Å². The number of carbonyl (C=O) groups excluding carboxylic acids is 1. The van der Waals surface area contributed by atoms with Gasteiger partial charge in [-0.25, -0.2) is 12.1 Å². The summed E-state index contributed by atoms with van der Waals surface area (Å²) in [6.07, 6.45) is 0. The van der Waals surface area contributed by atoms with E-state index in [4.69, 9.17) is 14.3 Å². The van der Waals surface area contributed by atoms with Crippen LogP contribution in [-0.4, -0.2) is 11.1 Å². The molecule has 3 aromatic rings. The molecule has 0 amide bonds. The third-order valence-electron chi connectivity index (χ3n) is 2.67. The number of furan rings is 1. The molecule has 0 atom stereocenters. The summed E-state index contributed by atoms with van der Waals surface area (Å²) in [4.78, 5) is 11.4. The van der Waals surface area contributed by atoms with Gasteiger partial charge in [-0.1, -0.05) is 5.56 Å². The molecule has 4 nitrogen and oxygen atoms in total. The smallest absolute Gasteiger partial charge is 0.281 e. The summed E-state index contributed by atoms with van der Waals surface area (Å²) in [5, 5.41) is 8.78. The van der Waals surface area contributed by atoms with Crippen LogP contribution in [0.5, 0.6) is 0 Å². The van der Waals surface area contributed by atoms with E-state index in [-0.39, 0.29) is 36.3 Å². The molecule has 3 rings (SSSR count). The van der Waals surface area contributed by atoms with Crippen LogP contribution < -0.4 is 0 Å². The van der Waals surface area contributed by atoms with Gasteiger partial charge in [0.15, 0.2) is 0 Å². The fourth-order valence-electron chi connectivity index (χ4n) is 1.64. The fraction of sp³-hybridized carbons (Fsp3) is 0.118. The number of esters is 1. The van der Waals surface area contributed by atoms with E-state index in [9.17, 15) is 4.79 Å². The Bertz CT molecular complexity index is 606. The van der Waals surface area contributed by atoms with Crippen LogP contribution in [0.2, 0.25) is 0 Å². The van der Waals surface area contributed by atoms with E-state index in [0.717, 1.165) is 0 Å². The monoisotopic (exact) mass is 340 g/mol. The standard InChI is InChI=1S/C12H11O4.C5H5.Fe/c13-7-10-5-6-11(16-10)8-15-12(14)9-3-1-2-4-9;1-2-4-5-3-1;/h1-6,13H,7-8H2;1-5H;/q-1;-5;. The maximum Gasteiger partial charge on any atom is 0.281 e. The topological polar surface area (TPSA) is 59.7 Å². The first-order chi connectivity index (χ1) is 10.3. The SMILES string of the molecule is O=C(OCc1ccc(CO)o1)[c-]1cccc1.[Fe].[cH-]1[cH-][cH-][cH-][cH-]1. The Balaban J connectivity index is 0.000000344. The largest absolute Gasteiger partial charge is 0.748 e. The van der Waals surface area contributed by atoms with Crippen molar-refractivity contribution in [3.63, 3.8) is 0 Å². The van der Waals surface area contributed by atoms with Crippen LogP contribution in [0.4, 0.5) is 0 Å². The Morgan fingerprint density at radius 3 is 2.14 bits per heavy atom. The Morgan fingerprint density at radius 1 is 1.09 bits per heavy atom. The van der Waals surface area contributed by atoms with Gasteiger partial charge in [0.2, 0.25) is 0 Å². The molecule has 2 aromatic carbocycles. The quantitative estimate of drug-likeness (QED) is 0.450. The van der Waals surface area contributed by atoms with Gasteiger partial charge < -0.3 is 44.6 Å². The third kappa shape index (κ3) is 5.74. The minimum atomic E-state index is -0.382. The van der Waals surface area contributed by atoms with E-state index in [0.29, 0.717) is 17.1 Å². The molecular formula is C17H16FeO4-6. The van der Waals surface area contributed by atoms with Crippen LogP contribution >= 0.6 is 0 Å². The molecule has 22 heavy (non-hydrogen) atoms. The van der Waals surface area contributed by atoms with E-state index >= 15 is 0 Å². The Kier molecular flexibility index (Phi) is 8.00. The summed E-state index contributed by atoms with van der Waals surface area (Å²) in [5.74, 6) is 0.593. The molecule has 0 saturated heterocycles. The minimum absolute atomic E-state index is 0. The maximum atomic E-state index is 11.4. The van der Waals surface area contributed by atoms with Gasteiger partial charge in [0.1, 0.15) is 24.7 Å². The second kappa shape index (κ2) is 9.79. The summed E-state index contributed by atoms with van der Waals surface area (Å²) in [6, 6.07) is 20.2. The molecule has 0 aliphatic heterocycles. The molecule has 1 aromatic heterocycles. The van der Waals surface area contributed by atoms with Crippen LogP contribution in [-0.2, 0) is 35.0 Å². The summed E-state index contributed by atoms with van der Waals surface area (Å²) >= 11 is 0. The van der Waals surface area contributed by atoms with E-state index in [1.54, 1.807) is 36.4 Å². The van der Waals surface area contributed by atoms with Crippen LogP contribution in [0.25, 0.3) is 0 Å². The number of carbonyl (C=O) groups is 1. The third-order valence-corrected chi connectivity index (χ3v) is 2.67. The zero-order valence-corrected chi connectivity index (χ0v) is 12.9. The van der Waals surface area contributed by atoms with Gasteiger partial charge in [-0.15, -0.1) is 0 Å². The molecule has 5 heteroatoms. The van der Waals surface area contributed by atoms with Crippen molar-refractivity contribution in [2.45, 2.75) is 13.2 Å². The average Bonchev–Trinajstić information content (AvgIpc) is 3.29. The van der Waals surface area contributed by atoms with Crippen molar-refractivity contribution < 1.29 is 36.1 Å². The molecule has 0 aliphatic rings. The van der Waals surface area contributed by atoms with E-state index in [1.807, 2.05) is 30.3 Å². The summed E-state index contributed by atoms with van der Waals surface area (Å²) in [7, 11) is 0. The van der Waals surface area contributed by atoms with Gasteiger partial charge in [-0.05, 0) is 12.1 Å². The predicted octanol–water partition coefficient (Wildman–Crippen LogP) is 3.25. The van der Waals surface area contributed by atoms with Crippen LogP contribution in [0, 0.1) is 0 Å². The van der Waals surface area contributed by atoms with E-state index in [2.05, 4.69) is 0 Å². The van der Waals surface area contributed by atoms with Gasteiger partial charge >= 0.3 is 0 Å². The predicted molar refractivity (Wildman–Crippen MR) is 77.8 cm³/mol. The molecule has 0 unspecified atom stereocenters. The van der Waals surface area contributed by atoms with Gasteiger partial charge in [0.05, 0.1) is 0 Å². The number of aliphatic hydroxyl groups is 1. The average molecular weight is 340 g/mol. The van der Waals surface area contributed by atoms with Crippen LogP contribution in [0.15, 0.2) is 71.1 Å². The van der Waals surface area contributed by atoms with Gasteiger partial charge in [0, 0.05) is 17.1 Å². The fourth-order valence-corrected chi connectivity index (χ4v) is 1.64. The van der Waals surface area contributed by atoms with Crippen LogP contribution in [0.3, 0.4) is 0 Å². The normalized spacial score (nSPS) is 9.32. The summed E-state index contributed by atoms with van der Waals surface area (Å²) < 4.78 is 10.2. The number of ether oxygens (including phenoxy) is 1. The molecule has 1 heterocycles. The second-order valence-corrected chi connectivity index (χ2v) is 4.24. The van der Waals surface area contributed by atoms with Crippen molar-refractivity contribution in [2.24, 2.45) is 0 Å². The Morgan fingerprint density at radius 2 is 1.64 bits per heavy atom. The minimum Gasteiger partial charge on any atom is -0.748 e. The van der Waals surface area contributed by atoms with Crippen molar-refractivity contribution in [3.05, 3.63) is 83.8 Å². The van der Waals surface area contributed by atoms with Crippen molar-refractivity contribution in [2.75, 3.05) is 0 Å². The first kappa shape index (κ1) is 18.0. The number of hydrogen-bond acceptors (Lipinski definition) is 4. The number of aliphatic hydroxyl groups excluding tert-OH is 1. The number of hydrogen-bond donors (Lipinski definition) is 1. The molecule has 0 spiro atoms. The van der Waals surface area contributed by atoms with Crippen molar-refractivity contribution >= 4 is 5.97 Å². The zero-order chi connectivity index (χ0) is 14.9. The molecule has 0 fully saturated rings. The molecule has 122 valence electrons. The van der Waals surface area contributed by atoms with E-state index in [1.165, 1.54) is 0 Å². The Hall–Kier alpha value is -2.07. The van der Waals surface area contributed by atoms with E-state index < -0.39 is 0 Å². The first-order valence-electron chi connectivity index (χ1n) is 6.53. The number of rotatable bonds is 4. The zero-order valence-electron chi connectivity index (χ0n) is 11.8. The van der Waals surface area contributed by atoms with Gasteiger partial charge in [0.25, 0.3) is 5.97 Å². The van der Waals surface area contributed by atoms with Crippen molar-refractivity contribution in [1.82, 2.24) is 0 Å². The molecule has 1 N–H and O–H groups in total. The molecule has 0 bridgehead atoms. The molecular weight excluding hydrogens is 324 g/mol. The van der Waals surface area contributed by atoms with Crippen molar-refractivity contribution in [1.29, 1.82) is 0 Å². The summed E-state index contributed by atoms with van der Waals surface area (Å²) in [6.45, 7) is -0.0825. The van der Waals surface area contributed by atoms with Crippen LogP contribution in [0.1, 0.15) is 21.9 Å². The second-order valence-electron chi connectivity index (χ2n) is 4.24. The Labute approximate surface area is 139 Å². The summed E-state index contributed by atoms with van der Waals surface area (Å²) in [5.41, 5.74) is 0.522. The molecule has 0 saturated carbocycles. The van der Waals surface area contributed by atoms with Gasteiger partial charge in [-0.3, -0.25) is 4.79 Å². The molecule has 0 radical (unpaired) electrons. The first-order valence-corrected chi connectivity index (χ1v) is 6.53. The molecule has 0 aliphatic carbocycles. The van der Waals surface area contributed by atoms with Crippen molar-refractivity contribution in [3.8, 4) is 0 Å².